The van der Waals surface area contributed by atoms with Crippen LogP contribution in [0.5, 0.6) is 0 Å². The number of hydrogen-bond acceptors (Lipinski definition) is 2. The first-order valence-corrected chi connectivity index (χ1v) is 6.91. The van der Waals surface area contributed by atoms with Crippen molar-refractivity contribution in [1.29, 1.82) is 0 Å². The number of hydrogen-bond donors (Lipinski definition) is 2. The summed E-state index contributed by atoms with van der Waals surface area (Å²) < 4.78 is 1.06. The van der Waals surface area contributed by atoms with Crippen LogP contribution in [0.15, 0.2) is 28.7 Å². The van der Waals surface area contributed by atoms with E-state index in [4.69, 9.17) is 4.98 Å². The monoisotopic (exact) mass is 307 g/mol. The van der Waals surface area contributed by atoms with Gasteiger partial charge in [0.1, 0.15) is 5.82 Å². The Morgan fingerprint density at radius 1 is 1.33 bits per heavy atom. The fourth-order valence-electron chi connectivity index (χ4n) is 1.99. The van der Waals surface area contributed by atoms with Crippen molar-refractivity contribution in [3.8, 4) is 11.4 Å². The molecule has 0 aliphatic carbocycles. The van der Waals surface area contributed by atoms with Crippen molar-refractivity contribution in [3.63, 3.8) is 0 Å². The summed E-state index contributed by atoms with van der Waals surface area (Å²) in [6.07, 6.45) is 0. The molecule has 0 radical (unpaired) electrons. The third-order valence-corrected chi connectivity index (χ3v) is 3.53. The number of aromatic amines is 1. The molecule has 2 N–H and O–H groups in total. The first-order chi connectivity index (χ1) is 8.63. The summed E-state index contributed by atoms with van der Waals surface area (Å²) in [7, 11) is 1.95. The van der Waals surface area contributed by atoms with Crippen LogP contribution in [0.3, 0.4) is 0 Å². The van der Waals surface area contributed by atoms with Crippen LogP contribution in [0, 0.1) is 0 Å². The van der Waals surface area contributed by atoms with E-state index in [1.165, 1.54) is 5.69 Å². The highest BCUT2D eigenvalue weighted by molar-refractivity contribution is 9.10. The molecular weight excluding hydrogens is 290 g/mol. The molecular formula is C14H18BrN3. The maximum atomic E-state index is 4.73. The van der Waals surface area contributed by atoms with Gasteiger partial charge in [0.05, 0.1) is 11.4 Å². The normalized spacial score (nSPS) is 11.2. The lowest BCUT2D eigenvalue weighted by Crippen LogP contribution is -2.08. The third-order valence-electron chi connectivity index (χ3n) is 2.84. The zero-order chi connectivity index (χ0) is 13.1. The minimum atomic E-state index is 0.417. The topological polar surface area (TPSA) is 40.7 Å². The lowest BCUT2D eigenvalue weighted by molar-refractivity contribution is 0.750. The second-order valence-electron chi connectivity index (χ2n) is 4.61. The van der Waals surface area contributed by atoms with E-state index in [2.05, 4.69) is 46.1 Å². The molecule has 1 aromatic heterocycles. The van der Waals surface area contributed by atoms with Crippen LogP contribution in [0.4, 0.5) is 0 Å². The number of nitrogens with one attached hydrogen (secondary N) is 2. The summed E-state index contributed by atoms with van der Waals surface area (Å²) in [6, 6.07) is 8.13. The molecule has 0 aliphatic heterocycles. The Bertz CT molecular complexity index is 532. The fourth-order valence-corrected chi connectivity index (χ4v) is 2.47. The lowest BCUT2D eigenvalue weighted by atomic mass is 10.1. The summed E-state index contributed by atoms with van der Waals surface area (Å²) >= 11 is 3.57. The second-order valence-corrected chi connectivity index (χ2v) is 5.47. The van der Waals surface area contributed by atoms with Gasteiger partial charge in [0, 0.05) is 16.6 Å². The first kappa shape index (κ1) is 13.3. The van der Waals surface area contributed by atoms with Crippen molar-refractivity contribution in [2.24, 2.45) is 0 Å². The molecule has 18 heavy (non-hydrogen) atoms. The van der Waals surface area contributed by atoms with Gasteiger partial charge in [-0.1, -0.05) is 48.0 Å². The van der Waals surface area contributed by atoms with Gasteiger partial charge in [-0.25, -0.2) is 4.98 Å². The number of imidazole rings is 1. The maximum absolute atomic E-state index is 4.73. The summed E-state index contributed by atoms with van der Waals surface area (Å²) in [6.45, 7) is 5.14. The minimum absolute atomic E-state index is 0.417. The minimum Gasteiger partial charge on any atom is -0.341 e. The van der Waals surface area contributed by atoms with Gasteiger partial charge < -0.3 is 10.3 Å². The molecule has 1 heterocycles. The summed E-state index contributed by atoms with van der Waals surface area (Å²) in [5, 5.41) is 3.18. The molecule has 4 heteroatoms. The Morgan fingerprint density at radius 3 is 2.67 bits per heavy atom. The van der Waals surface area contributed by atoms with Crippen molar-refractivity contribution in [3.05, 3.63) is 40.1 Å². The highest BCUT2D eigenvalue weighted by atomic mass is 79.9. The van der Waals surface area contributed by atoms with Gasteiger partial charge in [-0.05, 0) is 19.0 Å². The van der Waals surface area contributed by atoms with Gasteiger partial charge in [-0.3, -0.25) is 0 Å². The fraction of sp³-hybridized carbons (Fsp3) is 0.357. The second kappa shape index (κ2) is 5.67. The molecule has 0 amide bonds. The van der Waals surface area contributed by atoms with Gasteiger partial charge in [-0.15, -0.1) is 0 Å². The summed E-state index contributed by atoms with van der Waals surface area (Å²) in [5.41, 5.74) is 3.40. The Kier molecular flexibility index (Phi) is 4.19. The van der Waals surface area contributed by atoms with E-state index in [-0.39, 0.29) is 0 Å². The highest BCUT2D eigenvalue weighted by Gasteiger charge is 2.14. The van der Waals surface area contributed by atoms with Crippen molar-refractivity contribution >= 4 is 15.9 Å². The number of aromatic nitrogens is 2. The van der Waals surface area contributed by atoms with Gasteiger partial charge in [0.15, 0.2) is 0 Å². The zero-order valence-electron chi connectivity index (χ0n) is 10.9. The molecule has 0 aliphatic rings. The van der Waals surface area contributed by atoms with E-state index in [9.17, 15) is 0 Å². The molecule has 2 rings (SSSR count). The average Bonchev–Trinajstić information content (AvgIpc) is 2.74. The lowest BCUT2D eigenvalue weighted by Gasteiger charge is -2.03. The van der Waals surface area contributed by atoms with Gasteiger partial charge in [-0.2, -0.15) is 0 Å². The molecule has 0 saturated carbocycles. The van der Waals surface area contributed by atoms with E-state index < -0.39 is 0 Å². The SMILES string of the molecule is CNCc1[nH]c(-c2ccccc2Br)nc1C(C)C. The molecule has 0 spiro atoms. The predicted octanol–water partition coefficient (Wildman–Crippen LogP) is 3.68. The van der Waals surface area contributed by atoms with E-state index in [0.717, 1.165) is 28.1 Å². The number of nitrogens with zero attached hydrogens (tertiary/aromatic N) is 1. The van der Waals surface area contributed by atoms with E-state index in [0.29, 0.717) is 5.92 Å². The maximum Gasteiger partial charge on any atom is 0.139 e. The van der Waals surface area contributed by atoms with E-state index in [1.54, 1.807) is 0 Å². The molecule has 96 valence electrons. The Labute approximate surface area is 116 Å². The van der Waals surface area contributed by atoms with Gasteiger partial charge in [0.25, 0.3) is 0 Å². The Morgan fingerprint density at radius 2 is 2.06 bits per heavy atom. The standard InChI is InChI=1S/C14H18BrN3/c1-9(2)13-12(8-16-3)17-14(18-13)10-6-4-5-7-11(10)15/h4-7,9,16H,8H2,1-3H3,(H,17,18). The van der Waals surface area contributed by atoms with Crippen LogP contribution in [0.2, 0.25) is 0 Å². The average molecular weight is 308 g/mol. The molecule has 1 aromatic carbocycles. The van der Waals surface area contributed by atoms with Crippen LogP contribution in [-0.4, -0.2) is 17.0 Å². The van der Waals surface area contributed by atoms with Crippen LogP contribution in [-0.2, 0) is 6.54 Å². The van der Waals surface area contributed by atoms with Crippen molar-refractivity contribution < 1.29 is 0 Å². The predicted molar refractivity (Wildman–Crippen MR) is 78.6 cm³/mol. The molecule has 0 bridgehead atoms. The zero-order valence-corrected chi connectivity index (χ0v) is 12.5. The molecule has 0 unspecified atom stereocenters. The van der Waals surface area contributed by atoms with Crippen LogP contribution >= 0.6 is 15.9 Å². The largest absolute Gasteiger partial charge is 0.341 e. The summed E-state index contributed by atoms with van der Waals surface area (Å²) in [5.74, 6) is 1.34. The molecule has 0 atom stereocenters. The van der Waals surface area contributed by atoms with Crippen LogP contribution in [0.1, 0.15) is 31.2 Å². The number of benzene rings is 1. The Balaban J connectivity index is 2.47. The van der Waals surface area contributed by atoms with E-state index >= 15 is 0 Å². The van der Waals surface area contributed by atoms with Crippen molar-refractivity contribution in [1.82, 2.24) is 15.3 Å². The Hall–Kier alpha value is -1.13. The van der Waals surface area contributed by atoms with Gasteiger partial charge >= 0.3 is 0 Å². The molecule has 3 nitrogen and oxygen atoms in total. The number of halogens is 1. The first-order valence-electron chi connectivity index (χ1n) is 6.11. The number of rotatable bonds is 4. The van der Waals surface area contributed by atoms with Crippen molar-refractivity contribution in [2.45, 2.75) is 26.3 Å². The van der Waals surface area contributed by atoms with E-state index in [1.807, 2.05) is 25.2 Å². The summed E-state index contributed by atoms with van der Waals surface area (Å²) in [4.78, 5) is 8.15. The number of H-pyrrole nitrogens is 1. The van der Waals surface area contributed by atoms with Gasteiger partial charge in [0.2, 0.25) is 0 Å². The highest BCUT2D eigenvalue weighted by Crippen LogP contribution is 2.28. The smallest absolute Gasteiger partial charge is 0.139 e. The molecule has 0 fully saturated rings. The van der Waals surface area contributed by atoms with Crippen LogP contribution < -0.4 is 5.32 Å². The molecule has 2 aromatic rings. The molecule has 0 saturated heterocycles. The van der Waals surface area contributed by atoms with Crippen molar-refractivity contribution in [2.75, 3.05) is 7.05 Å². The quantitative estimate of drug-likeness (QED) is 0.904. The van der Waals surface area contributed by atoms with Crippen LogP contribution in [0.25, 0.3) is 11.4 Å². The third kappa shape index (κ3) is 2.65.